The van der Waals surface area contributed by atoms with E-state index in [0.29, 0.717) is 0 Å². The molecule has 0 saturated carbocycles. The van der Waals surface area contributed by atoms with E-state index >= 15 is 0 Å². The van der Waals surface area contributed by atoms with Crippen molar-refractivity contribution in [3.05, 3.63) is 36.2 Å². The molecule has 3 nitrogen and oxygen atoms in total. The van der Waals surface area contributed by atoms with E-state index in [1.807, 2.05) is 12.3 Å². The lowest BCUT2D eigenvalue weighted by Gasteiger charge is -2.18. The molecular formula is C14H19N3. The molecule has 17 heavy (non-hydrogen) atoms. The number of H-pyrrole nitrogens is 1. The molecule has 0 radical (unpaired) electrons. The summed E-state index contributed by atoms with van der Waals surface area (Å²) in [7, 11) is 0. The maximum Gasteiger partial charge on any atom is 0.137 e. The Labute approximate surface area is 102 Å². The Morgan fingerprint density at radius 3 is 3.00 bits per heavy atom. The smallest absolute Gasteiger partial charge is 0.137 e. The van der Waals surface area contributed by atoms with E-state index in [4.69, 9.17) is 0 Å². The van der Waals surface area contributed by atoms with E-state index < -0.39 is 0 Å². The van der Waals surface area contributed by atoms with Crippen molar-refractivity contribution in [3.8, 4) is 0 Å². The zero-order valence-electron chi connectivity index (χ0n) is 10.6. The van der Waals surface area contributed by atoms with Gasteiger partial charge in [-0.05, 0) is 32.9 Å². The molecule has 0 spiro atoms. The molecule has 0 fully saturated rings. The number of aromatic nitrogens is 2. The summed E-state index contributed by atoms with van der Waals surface area (Å²) in [6.07, 6.45) is 8.05. The lowest BCUT2D eigenvalue weighted by atomic mass is 10.1. The van der Waals surface area contributed by atoms with Crippen LogP contribution in [-0.2, 0) is 0 Å². The van der Waals surface area contributed by atoms with Crippen LogP contribution in [0.2, 0.25) is 0 Å². The van der Waals surface area contributed by atoms with Crippen LogP contribution >= 0.6 is 0 Å². The lowest BCUT2D eigenvalue weighted by Crippen LogP contribution is -2.35. The van der Waals surface area contributed by atoms with Crippen LogP contribution in [0.1, 0.15) is 26.3 Å². The van der Waals surface area contributed by atoms with Crippen molar-refractivity contribution in [2.24, 2.45) is 0 Å². The zero-order chi connectivity index (χ0) is 12.3. The molecule has 2 aromatic heterocycles. The van der Waals surface area contributed by atoms with Gasteiger partial charge >= 0.3 is 0 Å². The van der Waals surface area contributed by atoms with Crippen molar-refractivity contribution < 1.29 is 0 Å². The Balaban J connectivity index is 2.06. The van der Waals surface area contributed by atoms with Crippen LogP contribution < -0.4 is 5.32 Å². The van der Waals surface area contributed by atoms with Crippen molar-refractivity contribution in [3.63, 3.8) is 0 Å². The third kappa shape index (κ3) is 3.17. The first-order valence-electron chi connectivity index (χ1n) is 5.90. The lowest BCUT2D eigenvalue weighted by molar-refractivity contribution is 0.450. The number of hydrogen-bond acceptors (Lipinski definition) is 2. The van der Waals surface area contributed by atoms with E-state index in [-0.39, 0.29) is 5.54 Å². The highest BCUT2D eigenvalue weighted by atomic mass is 14.9. The minimum atomic E-state index is 0.159. The summed E-state index contributed by atoms with van der Waals surface area (Å²) < 4.78 is 0. The minimum Gasteiger partial charge on any atom is -0.346 e. The molecule has 0 bridgehead atoms. The first-order chi connectivity index (χ1) is 8.06. The van der Waals surface area contributed by atoms with Gasteiger partial charge in [0.25, 0.3) is 0 Å². The number of aromatic amines is 1. The van der Waals surface area contributed by atoms with Gasteiger partial charge in [-0.25, -0.2) is 4.98 Å². The summed E-state index contributed by atoms with van der Waals surface area (Å²) in [5, 5.41) is 4.59. The number of pyridine rings is 1. The van der Waals surface area contributed by atoms with Crippen LogP contribution in [-0.4, -0.2) is 22.1 Å². The average molecular weight is 229 g/mol. The molecular weight excluding hydrogens is 210 g/mol. The number of nitrogens with zero attached hydrogens (tertiary/aromatic N) is 1. The Morgan fingerprint density at radius 2 is 2.24 bits per heavy atom. The normalized spacial score (nSPS) is 12.6. The van der Waals surface area contributed by atoms with E-state index in [2.05, 4.69) is 54.3 Å². The maximum atomic E-state index is 4.26. The van der Waals surface area contributed by atoms with Crippen molar-refractivity contribution in [1.29, 1.82) is 0 Å². The summed E-state index contributed by atoms with van der Waals surface area (Å²) in [6, 6.07) is 4.04. The first-order valence-corrected chi connectivity index (χ1v) is 5.90. The Morgan fingerprint density at radius 1 is 1.41 bits per heavy atom. The largest absolute Gasteiger partial charge is 0.346 e. The number of rotatable bonds is 3. The van der Waals surface area contributed by atoms with Crippen molar-refractivity contribution in [2.45, 2.75) is 26.3 Å². The van der Waals surface area contributed by atoms with Gasteiger partial charge in [0.15, 0.2) is 0 Å². The monoisotopic (exact) mass is 229 g/mol. The molecule has 0 aliphatic rings. The molecule has 0 saturated heterocycles. The van der Waals surface area contributed by atoms with Crippen LogP contribution in [0.5, 0.6) is 0 Å². The summed E-state index contributed by atoms with van der Waals surface area (Å²) in [5.74, 6) is 0. The second kappa shape index (κ2) is 4.72. The molecule has 2 heterocycles. The maximum absolute atomic E-state index is 4.26. The molecule has 0 aromatic carbocycles. The van der Waals surface area contributed by atoms with Gasteiger partial charge in [-0.1, -0.05) is 12.2 Å². The highest BCUT2D eigenvalue weighted by Crippen LogP contribution is 2.16. The SMILES string of the molecule is CC(C)(C)NCC=Cc1c[nH]c2ncccc12. The Hall–Kier alpha value is -1.61. The van der Waals surface area contributed by atoms with Crippen molar-refractivity contribution in [2.75, 3.05) is 6.54 Å². The zero-order valence-corrected chi connectivity index (χ0v) is 10.6. The van der Waals surface area contributed by atoms with Crippen LogP contribution in [0.15, 0.2) is 30.6 Å². The predicted molar refractivity (Wildman–Crippen MR) is 72.9 cm³/mol. The topological polar surface area (TPSA) is 40.7 Å². The van der Waals surface area contributed by atoms with E-state index in [1.54, 1.807) is 6.20 Å². The molecule has 0 aliphatic carbocycles. The highest BCUT2D eigenvalue weighted by Gasteiger charge is 2.06. The first kappa shape index (κ1) is 11.9. The fourth-order valence-electron chi connectivity index (χ4n) is 1.67. The number of fused-ring (bicyclic) bond motifs is 1. The average Bonchev–Trinajstić information content (AvgIpc) is 2.67. The van der Waals surface area contributed by atoms with Gasteiger partial charge in [-0.2, -0.15) is 0 Å². The highest BCUT2D eigenvalue weighted by molar-refractivity contribution is 5.85. The van der Waals surface area contributed by atoms with Crippen LogP contribution in [0.3, 0.4) is 0 Å². The van der Waals surface area contributed by atoms with Crippen molar-refractivity contribution in [1.82, 2.24) is 15.3 Å². The Kier molecular flexibility index (Phi) is 3.29. The summed E-state index contributed by atoms with van der Waals surface area (Å²) >= 11 is 0. The molecule has 0 aliphatic heterocycles. The summed E-state index contributed by atoms with van der Waals surface area (Å²) in [4.78, 5) is 7.43. The van der Waals surface area contributed by atoms with Gasteiger partial charge in [0.2, 0.25) is 0 Å². The van der Waals surface area contributed by atoms with Crippen molar-refractivity contribution >= 4 is 17.1 Å². The molecule has 3 heteroatoms. The molecule has 0 atom stereocenters. The second-order valence-electron chi connectivity index (χ2n) is 5.18. The van der Waals surface area contributed by atoms with Gasteiger partial charge < -0.3 is 10.3 Å². The molecule has 0 unspecified atom stereocenters. The third-order valence-electron chi connectivity index (χ3n) is 2.53. The van der Waals surface area contributed by atoms with Gasteiger partial charge in [0, 0.05) is 35.4 Å². The van der Waals surface area contributed by atoms with E-state index in [1.165, 1.54) is 10.9 Å². The van der Waals surface area contributed by atoms with Gasteiger partial charge in [0.1, 0.15) is 5.65 Å². The van der Waals surface area contributed by atoms with Gasteiger partial charge in [-0.15, -0.1) is 0 Å². The summed E-state index contributed by atoms with van der Waals surface area (Å²) in [6.45, 7) is 7.36. The van der Waals surface area contributed by atoms with Crippen LogP contribution in [0.4, 0.5) is 0 Å². The third-order valence-corrected chi connectivity index (χ3v) is 2.53. The van der Waals surface area contributed by atoms with Gasteiger partial charge in [0.05, 0.1) is 0 Å². The fraction of sp³-hybridized carbons (Fsp3) is 0.357. The van der Waals surface area contributed by atoms with E-state index in [9.17, 15) is 0 Å². The number of nitrogens with one attached hydrogen (secondary N) is 2. The molecule has 2 N–H and O–H groups in total. The standard InChI is InChI=1S/C14H19N3/c1-14(2,3)17-9-4-6-11-10-16-13-12(11)7-5-8-15-13/h4-8,10,17H,9H2,1-3H3,(H,15,16). The predicted octanol–water partition coefficient (Wildman–Crippen LogP) is 2.96. The Bertz CT molecular complexity index is 517. The molecule has 0 amide bonds. The number of hydrogen-bond donors (Lipinski definition) is 2. The fourth-order valence-corrected chi connectivity index (χ4v) is 1.67. The summed E-state index contributed by atoms with van der Waals surface area (Å²) in [5.41, 5.74) is 2.28. The molecule has 2 rings (SSSR count). The second-order valence-corrected chi connectivity index (χ2v) is 5.18. The molecule has 90 valence electrons. The molecule has 2 aromatic rings. The van der Waals surface area contributed by atoms with Crippen LogP contribution in [0, 0.1) is 0 Å². The van der Waals surface area contributed by atoms with Crippen LogP contribution in [0.25, 0.3) is 17.1 Å². The quantitative estimate of drug-likeness (QED) is 0.849. The minimum absolute atomic E-state index is 0.159. The van der Waals surface area contributed by atoms with Gasteiger partial charge in [-0.3, -0.25) is 0 Å². The van der Waals surface area contributed by atoms with E-state index in [0.717, 1.165) is 12.2 Å².